The van der Waals surface area contributed by atoms with Crippen LogP contribution in [0.3, 0.4) is 0 Å². The first-order valence-electron chi connectivity index (χ1n) is 6.75. The number of unbranched alkanes of at least 4 members (excludes halogenated alkanes) is 1. The zero-order valence-corrected chi connectivity index (χ0v) is 12.4. The van der Waals surface area contributed by atoms with Gasteiger partial charge >= 0.3 is 5.69 Å². The second-order valence-corrected chi connectivity index (χ2v) is 5.01. The fourth-order valence-electron chi connectivity index (χ4n) is 2.30. The molecule has 0 aromatic carbocycles. The van der Waals surface area contributed by atoms with Gasteiger partial charge in [0, 0.05) is 33.9 Å². The molecule has 2 aromatic rings. The molecule has 0 radical (unpaired) electrons. The van der Waals surface area contributed by atoms with Gasteiger partial charge < -0.3 is 4.90 Å². The molecule has 0 aliphatic carbocycles. The van der Waals surface area contributed by atoms with Gasteiger partial charge in [-0.05, 0) is 12.5 Å². The third-order valence-electron chi connectivity index (χ3n) is 3.58. The van der Waals surface area contributed by atoms with E-state index in [1.54, 1.807) is 13.2 Å². The summed E-state index contributed by atoms with van der Waals surface area (Å²) in [6, 6.07) is 1.82. The standard InChI is InChI=1S/C14H20N4O2/c1-5-6-9-16(2)10-7-8-15-12-11(10)13(19)18(4)14(20)17(12)3/h7-8H,5-6,9H2,1-4H3. The fourth-order valence-corrected chi connectivity index (χ4v) is 2.30. The smallest absolute Gasteiger partial charge is 0.332 e. The molecule has 108 valence electrons. The summed E-state index contributed by atoms with van der Waals surface area (Å²) in [5, 5.41) is 0.496. The topological polar surface area (TPSA) is 60.1 Å². The number of hydrogen-bond acceptors (Lipinski definition) is 4. The average Bonchev–Trinajstić information content (AvgIpc) is 2.47. The first-order chi connectivity index (χ1) is 9.49. The molecule has 0 bridgehead atoms. The van der Waals surface area contributed by atoms with Crippen LogP contribution in [0.15, 0.2) is 21.9 Å². The van der Waals surface area contributed by atoms with E-state index < -0.39 is 0 Å². The van der Waals surface area contributed by atoms with E-state index in [0.717, 1.165) is 29.6 Å². The maximum Gasteiger partial charge on any atom is 0.332 e. The molecule has 6 nitrogen and oxygen atoms in total. The molecule has 0 unspecified atom stereocenters. The van der Waals surface area contributed by atoms with Gasteiger partial charge in [0.05, 0.1) is 5.69 Å². The van der Waals surface area contributed by atoms with E-state index in [9.17, 15) is 9.59 Å². The minimum atomic E-state index is -0.358. The lowest BCUT2D eigenvalue weighted by atomic mass is 10.2. The van der Waals surface area contributed by atoms with E-state index in [-0.39, 0.29) is 11.2 Å². The zero-order chi connectivity index (χ0) is 14.9. The van der Waals surface area contributed by atoms with Crippen LogP contribution in [-0.2, 0) is 14.1 Å². The van der Waals surface area contributed by atoms with Crippen molar-refractivity contribution in [2.24, 2.45) is 14.1 Å². The molecule has 0 aliphatic heterocycles. The van der Waals surface area contributed by atoms with Crippen molar-refractivity contribution < 1.29 is 0 Å². The predicted molar refractivity (Wildman–Crippen MR) is 80.4 cm³/mol. The molecule has 0 saturated heterocycles. The Bertz CT molecular complexity index is 745. The monoisotopic (exact) mass is 276 g/mol. The molecule has 6 heteroatoms. The highest BCUT2D eigenvalue weighted by atomic mass is 16.2. The SMILES string of the molecule is CCCCN(C)c1ccnc2c1c(=O)n(C)c(=O)n2C. The Balaban J connectivity index is 2.75. The molecule has 0 N–H and O–H groups in total. The van der Waals surface area contributed by atoms with Gasteiger partial charge in [-0.1, -0.05) is 13.3 Å². The normalized spacial score (nSPS) is 11.0. The minimum absolute atomic E-state index is 0.297. The Kier molecular flexibility index (Phi) is 3.92. The predicted octanol–water partition coefficient (Wildman–Crippen LogP) is 0.868. The highest BCUT2D eigenvalue weighted by Crippen LogP contribution is 2.20. The van der Waals surface area contributed by atoms with Crippen LogP contribution >= 0.6 is 0 Å². The lowest BCUT2D eigenvalue weighted by Crippen LogP contribution is -2.38. The molecule has 0 fully saturated rings. The molecule has 2 aromatic heterocycles. The number of hydrogen-bond donors (Lipinski definition) is 0. The van der Waals surface area contributed by atoms with Crippen LogP contribution in [0.2, 0.25) is 0 Å². The van der Waals surface area contributed by atoms with Crippen LogP contribution < -0.4 is 16.1 Å². The zero-order valence-electron chi connectivity index (χ0n) is 12.4. The van der Waals surface area contributed by atoms with Gasteiger partial charge in [-0.2, -0.15) is 0 Å². The summed E-state index contributed by atoms with van der Waals surface area (Å²) in [4.78, 5) is 30.5. The van der Waals surface area contributed by atoms with Crippen LogP contribution in [-0.4, -0.2) is 27.7 Å². The molecule has 0 amide bonds. The Labute approximate surface area is 117 Å². The fraction of sp³-hybridized carbons (Fsp3) is 0.500. The summed E-state index contributed by atoms with van der Waals surface area (Å²) in [7, 11) is 5.08. The molecule has 20 heavy (non-hydrogen) atoms. The van der Waals surface area contributed by atoms with Gasteiger partial charge in [0.15, 0.2) is 5.65 Å². The van der Waals surface area contributed by atoms with Gasteiger partial charge in [0.1, 0.15) is 5.39 Å². The van der Waals surface area contributed by atoms with E-state index in [1.807, 2.05) is 18.0 Å². The first kappa shape index (κ1) is 14.3. The van der Waals surface area contributed by atoms with Crippen LogP contribution in [0.5, 0.6) is 0 Å². The number of anilines is 1. The summed E-state index contributed by atoms with van der Waals surface area (Å²) in [6.07, 6.45) is 3.77. The molecule has 0 saturated carbocycles. The van der Waals surface area contributed by atoms with Crippen molar-refractivity contribution in [3.63, 3.8) is 0 Å². The third kappa shape index (κ3) is 2.21. The van der Waals surface area contributed by atoms with Crippen LogP contribution in [0.1, 0.15) is 19.8 Å². The van der Waals surface area contributed by atoms with Gasteiger partial charge in [0.2, 0.25) is 0 Å². The van der Waals surface area contributed by atoms with Gasteiger partial charge in [0.25, 0.3) is 5.56 Å². The lowest BCUT2D eigenvalue weighted by Gasteiger charge is -2.21. The number of pyridine rings is 1. The second-order valence-electron chi connectivity index (χ2n) is 5.01. The summed E-state index contributed by atoms with van der Waals surface area (Å²) in [5.41, 5.74) is 0.594. The van der Waals surface area contributed by atoms with E-state index in [4.69, 9.17) is 0 Å². The molecule has 0 spiro atoms. The Hall–Kier alpha value is -2.11. The molecule has 0 aliphatic rings. The molecular formula is C14H20N4O2. The van der Waals surface area contributed by atoms with Crippen molar-refractivity contribution in [3.05, 3.63) is 33.1 Å². The Morgan fingerprint density at radius 3 is 2.60 bits per heavy atom. The number of aromatic nitrogens is 3. The van der Waals surface area contributed by atoms with Crippen molar-refractivity contribution >= 4 is 16.7 Å². The number of aryl methyl sites for hydroxylation is 1. The third-order valence-corrected chi connectivity index (χ3v) is 3.58. The molecular weight excluding hydrogens is 256 g/mol. The molecule has 0 atom stereocenters. The van der Waals surface area contributed by atoms with Gasteiger partial charge in [-0.3, -0.25) is 13.9 Å². The van der Waals surface area contributed by atoms with Crippen LogP contribution in [0, 0.1) is 0 Å². The second kappa shape index (κ2) is 5.48. The first-order valence-corrected chi connectivity index (χ1v) is 6.75. The van der Waals surface area contributed by atoms with E-state index in [0.29, 0.717) is 11.0 Å². The van der Waals surface area contributed by atoms with Gasteiger partial charge in [-0.15, -0.1) is 0 Å². The average molecular weight is 276 g/mol. The summed E-state index contributed by atoms with van der Waals surface area (Å²) < 4.78 is 2.54. The molecule has 2 heterocycles. The maximum absolute atomic E-state index is 12.4. The van der Waals surface area contributed by atoms with E-state index >= 15 is 0 Å². The van der Waals surface area contributed by atoms with Crippen molar-refractivity contribution in [1.82, 2.24) is 14.1 Å². The van der Waals surface area contributed by atoms with Crippen LogP contribution in [0.4, 0.5) is 5.69 Å². The number of nitrogens with zero attached hydrogens (tertiary/aromatic N) is 4. The van der Waals surface area contributed by atoms with E-state index in [2.05, 4.69) is 11.9 Å². The molecule has 2 rings (SSSR count). The van der Waals surface area contributed by atoms with E-state index in [1.165, 1.54) is 11.6 Å². The lowest BCUT2D eigenvalue weighted by molar-refractivity contribution is 0.706. The quantitative estimate of drug-likeness (QED) is 0.831. The maximum atomic E-state index is 12.4. The van der Waals surface area contributed by atoms with Crippen molar-refractivity contribution in [3.8, 4) is 0 Å². The van der Waals surface area contributed by atoms with Crippen molar-refractivity contribution in [2.75, 3.05) is 18.5 Å². The summed E-state index contributed by atoms with van der Waals surface area (Å²) >= 11 is 0. The highest BCUT2D eigenvalue weighted by Gasteiger charge is 2.15. The number of fused-ring (bicyclic) bond motifs is 1. The highest BCUT2D eigenvalue weighted by molar-refractivity contribution is 5.88. The minimum Gasteiger partial charge on any atom is -0.374 e. The largest absolute Gasteiger partial charge is 0.374 e. The Morgan fingerprint density at radius 1 is 1.25 bits per heavy atom. The van der Waals surface area contributed by atoms with Gasteiger partial charge in [-0.25, -0.2) is 9.78 Å². The Morgan fingerprint density at radius 2 is 1.95 bits per heavy atom. The van der Waals surface area contributed by atoms with Crippen LogP contribution in [0.25, 0.3) is 11.0 Å². The van der Waals surface area contributed by atoms with Crippen molar-refractivity contribution in [1.29, 1.82) is 0 Å². The number of rotatable bonds is 4. The van der Waals surface area contributed by atoms with Crippen molar-refractivity contribution in [2.45, 2.75) is 19.8 Å². The summed E-state index contributed by atoms with van der Waals surface area (Å²) in [5.74, 6) is 0. The summed E-state index contributed by atoms with van der Waals surface area (Å²) in [6.45, 7) is 2.99.